The molecule has 168 valence electrons. The van der Waals surface area contributed by atoms with Crippen molar-refractivity contribution in [3.05, 3.63) is 33.1 Å². The van der Waals surface area contributed by atoms with E-state index in [0.717, 1.165) is 19.2 Å². The van der Waals surface area contributed by atoms with Crippen molar-refractivity contribution in [1.82, 2.24) is 9.55 Å². The van der Waals surface area contributed by atoms with Crippen LogP contribution >= 0.6 is 0 Å². The highest BCUT2D eigenvalue weighted by atomic mass is 19.4. The van der Waals surface area contributed by atoms with E-state index < -0.39 is 66.2 Å². The van der Waals surface area contributed by atoms with Crippen LogP contribution in [0.1, 0.15) is 13.2 Å². The molecule has 0 aromatic carbocycles. The molecule has 10 nitrogen and oxygen atoms in total. The number of hydrogen-bond acceptors (Lipinski definition) is 8. The fourth-order valence-corrected chi connectivity index (χ4v) is 2.59. The van der Waals surface area contributed by atoms with E-state index in [-0.39, 0.29) is 0 Å². The molecular weight excluding hydrogens is 438 g/mol. The first kappa shape index (κ1) is 23.4. The highest BCUT2D eigenvalue weighted by Gasteiger charge is 2.59. The van der Waals surface area contributed by atoms with E-state index in [2.05, 4.69) is 9.47 Å². The Bertz CT molecular complexity index is 934. The molecule has 0 saturated carbocycles. The third kappa shape index (κ3) is 4.81. The Labute approximate surface area is 160 Å². The maximum atomic E-state index is 12.6. The minimum atomic E-state index is -5.55. The van der Waals surface area contributed by atoms with E-state index in [1.165, 1.54) is 0 Å². The lowest BCUT2D eigenvalue weighted by Gasteiger charge is -2.30. The van der Waals surface area contributed by atoms with Crippen LogP contribution in [0.4, 0.5) is 26.3 Å². The Balaban J connectivity index is 2.39. The van der Waals surface area contributed by atoms with Gasteiger partial charge in [-0.05, 0) is 6.92 Å². The van der Waals surface area contributed by atoms with Gasteiger partial charge in [-0.15, -0.1) is 0 Å². The van der Waals surface area contributed by atoms with Gasteiger partial charge in [-0.1, -0.05) is 0 Å². The summed E-state index contributed by atoms with van der Waals surface area (Å²) in [4.78, 5) is 46.9. The van der Waals surface area contributed by atoms with E-state index in [0.29, 0.717) is 4.57 Å². The number of carbonyl (C=O) groups is 2. The first-order chi connectivity index (χ1) is 13.5. The molecule has 1 fully saturated rings. The summed E-state index contributed by atoms with van der Waals surface area (Å²) < 4.78 is 88.1. The summed E-state index contributed by atoms with van der Waals surface area (Å²) in [7, 11) is 0. The average Bonchev–Trinajstić information content (AvgIpc) is 2.82. The van der Waals surface area contributed by atoms with Crippen molar-refractivity contribution in [2.75, 3.05) is 6.61 Å². The van der Waals surface area contributed by atoms with Crippen LogP contribution in [0.25, 0.3) is 0 Å². The van der Waals surface area contributed by atoms with Crippen LogP contribution < -0.4 is 11.2 Å². The van der Waals surface area contributed by atoms with Gasteiger partial charge in [0.1, 0.15) is 18.3 Å². The normalized spacial score (nSPS) is 27.0. The molecule has 0 aliphatic carbocycles. The van der Waals surface area contributed by atoms with E-state index in [4.69, 9.17) is 4.74 Å². The molecule has 16 heteroatoms. The number of carbonyl (C=O) groups excluding carboxylic acids is 2. The Hall–Kier alpha value is -2.88. The number of ether oxygens (including phenoxy) is 3. The second-order valence-electron chi connectivity index (χ2n) is 6.19. The van der Waals surface area contributed by atoms with Crippen molar-refractivity contribution in [2.24, 2.45) is 0 Å². The SMILES string of the molecule is C[C@@]1(O)C(n2ccc(=O)[nH]c2=O)OC(COC(=O)C(F)(F)F)[C@H]1OC(=O)C(F)(F)F. The van der Waals surface area contributed by atoms with Gasteiger partial charge in [0.25, 0.3) is 5.56 Å². The average molecular weight is 450 g/mol. The molecule has 1 aromatic rings. The summed E-state index contributed by atoms with van der Waals surface area (Å²) in [5.41, 5.74) is -4.73. The molecule has 2 N–H and O–H groups in total. The van der Waals surface area contributed by atoms with Gasteiger partial charge >= 0.3 is 30.0 Å². The standard InChI is InChI=1S/C14H12F6N2O8/c1-12(27)7(30-10(25)14(18,19)20)5(4-28-9(24)13(15,16)17)29-8(12)22-3-2-6(23)21-11(22)26/h2-3,5,7-8,27H,4H2,1H3,(H,21,23,26)/t5?,7-,8?,12+/m1/s1. The van der Waals surface area contributed by atoms with Gasteiger partial charge in [-0.2, -0.15) is 26.3 Å². The minimum Gasteiger partial charge on any atom is -0.456 e. The van der Waals surface area contributed by atoms with E-state index in [1.807, 2.05) is 0 Å². The van der Waals surface area contributed by atoms with Gasteiger partial charge < -0.3 is 19.3 Å². The highest BCUT2D eigenvalue weighted by Crippen LogP contribution is 2.40. The first-order valence-electron chi connectivity index (χ1n) is 7.76. The summed E-state index contributed by atoms with van der Waals surface area (Å²) in [6.07, 6.45) is -16.5. The van der Waals surface area contributed by atoms with Gasteiger partial charge in [0.15, 0.2) is 12.3 Å². The molecule has 2 rings (SSSR count). The Morgan fingerprint density at radius 2 is 1.77 bits per heavy atom. The molecule has 1 saturated heterocycles. The lowest BCUT2D eigenvalue weighted by Crippen LogP contribution is -2.50. The molecular formula is C14H12F6N2O8. The predicted molar refractivity (Wildman–Crippen MR) is 78.8 cm³/mol. The van der Waals surface area contributed by atoms with Crippen molar-refractivity contribution >= 4 is 11.9 Å². The Kier molecular flexibility index (Phi) is 6.04. The fourth-order valence-electron chi connectivity index (χ4n) is 2.59. The Morgan fingerprint density at radius 1 is 1.20 bits per heavy atom. The van der Waals surface area contributed by atoms with Gasteiger partial charge in [0.2, 0.25) is 0 Å². The number of halogens is 6. The van der Waals surface area contributed by atoms with E-state index in [9.17, 15) is 50.6 Å². The number of aromatic nitrogens is 2. The zero-order chi connectivity index (χ0) is 23.1. The van der Waals surface area contributed by atoms with Crippen LogP contribution in [0, 0.1) is 0 Å². The van der Waals surface area contributed by atoms with Crippen molar-refractivity contribution in [3.8, 4) is 0 Å². The number of aliphatic hydroxyl groups is 1. The molecule has 0 bridgehead atoms. The maximum absolute atomic E-state index is 12.6. The zero-order valence-corrected chi connectivity index (χ0v) is 14.6. The predicted octanol–water partition coefficient (Wildman–Crippen LogP) is -0.235. The second kappa shape index (κ2) is 7.75. The Morgan fingerprint density at radius 3 is 2.27 bits per heavy atom. The van der Waals surface area contributed by atoms with Crippen molar-refractivity contribution in [1.29, 1.82) is 0 Å². The van der Waals surface area contributed by atoms with Gasteiger partial charge in [-0.3, -0.25) is 14.3 Å². The maximum Gasteiger partial charge on any atom is 0.490 e. The molecule has 0 spiro atoms. The van der Waals surface area contributed by atoms with Crippen LogP contribution in [0.15, 0.2) is 21.9 Å². The number of aromatic amines is 1. The van der Waals surface area contributed by atoms with Crippen LogP contribution in [0.2, 0.25) is 0 Å². The lowest BCUT2D eigenvalue weighted by atomic mass is 9.96. The number of esters is 2. The fraction of sp³-hybridized carbons (Fsp3) is 0.571. The zero-order valence-electron chi connectivity index (χ0n) is 14.6. The van der Waals surface area contributed by atoms with Gasteiger partial charge in [0, 0.05) is 12.3 Å². The van der Waals surface area contributed by atoms with Gasteiger partial charge in [0.05, 0.1) is 0 Å². The summed E-state index contributed by atoms with van der Waals surface area (Å²) in [6, 6.07) is 0.772. The topological polar surface area (TPSA) is 137 Å². The molecule has 4 atom stereocenters. The number of nitrogens with zero attached hydrogens (tertiary/aromatic N) is 1. The smallest absolute Gasteiger partial charge is 0.456 e. The number of nitrogens with one attached hydrogen (secondary N) is 1. The molecule has 0 radical (unpaired) electrons. The molecule has 30 heavy (non-hydrogen) atoms. The highest BCUT2D eigenvalue weighted by molar-refractivity contribution is 5.76. The number of rotatable bonds is 4. The van der Waals surface area contributed by atoms with Crippen molar-refractivity contribution < 1.29 is 55.2 Å². The molecule has 1 aliphatic rings. The molecule has 1 aromatic heterocycles. The van der Waals surface area contributed by atoms with Crippen molar-refractivity contribution in [3.63, 3.8) is 0 Å². The van der Waals surface area contributed by atoms with Crippen molar-refractivity contribution in [2.45, 2.75) is 43.3 Å². The van der Waals surface area contributed by atoms with E-state index in [1.54, 1.807) is 4.98 Å². The lowest BCUT2D eigenvalue weighted by molar-refractivity contribution is -0.217. The van der Waals surface area contributed by atoms with Crippen LogP contribution in [0.5, 0.6) is 0 Å². The molecule has 2 unspecified atom stereocenters. The first-order valence-corrected chi connectivity index (χ1v) is 7.76. The number of H-pyrrole nitrogens is 1. The molecule has 1 aliphatic heterocycles. The third-order valence-corrected chi connectivity index (χ3v) is 3.90. The minimum absolute atomic E-state index is 0.488. The van der Waals surface area contributed by atoms with Crippen LogP contribution in [-0.4, -0.2) is 63.4 Å². The summed E-state index contributed by atoms with van der Waals surface area (Å²) in [5, 5.41) is 10.6. The quantitative estimate of drug-likeness (QED) is 0.474. The largest absolute Gasteiger partial charge is 0.490 e. The molecule has 0 amide bonds. The van der Waals surface area contributed by atoms with E-state index >= 15 is 0 Å². The third-order valence-electron chi connectivity index (χ3n) is 3.90. The van der Waals surface area contributed by atoms with Crippen LogP contribution in [0.3, 0.4) is 0 Å². The van der Waals surface area contributed by atoms with Crippen LogP contribution in [-0.2, 0) is 23.8 Å². The summed E-state index contributed by atoms with van der Waals surface area (Å²) in [6.45, 7) is -0.631. The number of alkyl halides is 6. The monoisotopic (exact) mass is 450 g/mol. The second-order valence-corrected chi connectivity index (χ2v) is 6.19. The summed E-state index contributed by atoms with van der Waals surface area (Å²) >= 11 is 0. The summed E-state index contributed by atoms with van der Waals surface area (Å²) in [5.74, 6) is -5.55. The number of hydrogen-bond donors (Lipinski definition) is 2. The molecule has 2 heterocycles. The van der Waals surface area contributed by atoms with Gasteiger partial charge in [-0.25, -0.2) is 14.4 Å².